The molecule has 1 aliphatic heterocycles. The highest BCUT2D eigenvalue weighted by molar-refractivity contribution is 5.82. The Hall–Kier alpha value is -1.55. The summed E-state index contributed by atoms with van der Waals surface area (Å²) >= 11 is 0. The summed E-state index contributed by atoms with van der Waals surface area (Å²) in [5.74, 6) is -0.203. The number of carbonyl (C=O) groups excluding carboxylic acids is 1. The second kappa shape index (κ2) is 6.40. The summed E-state index contributed by atoms with van der Waals surface area (Å²) in [6.45, 7) is 3.56. The van der Waals surface area contributed by atoms with Crippen LogP contribution in [0, 0.1) is 0 Å². The SMILES string of the molecule is CCCOCCOC(=O)C1Cc2ccccc2N1. The van der Waals surface area contributed by atoms with Gasteiger partial charge in [-0.25, -0.2) is 4.79 Å². The molecule has 0 saturated heterocycles. The molecule has 0 aliphatic carbocycles. The standard InChI is InChI=1S/C14H19NO3/c1-2-7-17-8-9-18-14(16)13-10-11-5-3-4-6-12(11)15-13/h3-6,13,15H,2,7-10H2,1H3. The molecule has 0 amide bonds. The predicted molar refractivity (Wildman–Crippen MR) is 69.6 cm³/mol. The normalized spacial score (nSPS) is 17.1. The Morgan fingerprint density at radius 3 is 2.94 bits per heavy atom. The van der Waals surface area contributed by atoms with Crippen LogP contribution < -0.4 is 5.32 Å². The number of anilines is 1. The lowest BCUT2D eigenvalue weighted by Crippen LogP contribution is -2.30. The maximum absolute atomic E-state index is 11.8. The van der Waals surface area contributed by atoms with Crippen molar-refractivity contribution in [3.8, 4) is 0 Å². The summed E-state index contributed by atoms with van der Waals surface area (Å²) < 4.78 is 10.4. The second-order valence-electron chi connectivity index (χ2n) is 4.34. The third kappa shape index (κ3) is 3.23. The Bertz CT molecular complexity index is 381. The lowest BCUT2D eigenvalue weighted by Gasteiger charge is -2.11. The predicted octanol–water partition coefficient (Wildman–Crippen LogP) is 1.99. The van der Waals surface area contributed by atoms with Gasteiger partial charge in [-0.15, -0.1) is 0 Å². The highest BCUT2D eigenvalue weighted by Gasteiger charge is 2.27. The number of para-hydroxylation sites is 1. The maximum atomic E-state index is 11.8. The van der Waals surface area contributed by atoms with Gasteiger partial charge < -0.3 is 14.8 Å². The number of esters is 1. The minimum Gasteiger partial charge on any atom is -0.462 e. The number of benzene rings is 1. The van der Waals surface area contributed by atoms with Gasteiger partial charge in [0.25, 0.3) is 0 Å². The third-order valence-electron chi connectivity index (χ3n) is 2.88. The van der Waals surface area contributed by atoms with Gasteiger partial charge in [-0.3, -0.25) is 0 Å². The lowest BCUT2D eigenvalue weighted by atomic mass is 10.1. The van der Waals surface area contributed by atoms with Crippen molar-refractivity contribution < 1.29 is 14.3 Å². The van der Waals surface area contributed by atoms with Crippen LogP contribution in [0.3, 0.4) is 0 Å². The minimum atomic E-state index is -0.256. The molecule has 4 heteroatoms. The Kier molecular flexibility index (Phi) is 4.59. The number of carbonyl (C=O) groups is 1. The van der Waals surface area contributed by atoms with Gasteiger partial charge in [-0.1, -0.05) is 25.1 Å². The van der Waals surface area contributed by atoms with Gasteiger partial charge in [0, 0.05) is 18.7 Å². The summed E-state index contributed by atoms with van der Waals surface area (Å²) in [6.07, 6.45) is 1.68. The molecule has 98 valence electrons. The van der Waals surface area contributed by atoms with E-state index in [-0.39, 0.29) is 12.0 Å². The first kappa shape index (κ1) is 12.9. The van der Waals surface area contributed by atoms with Crippen LogP contribution in [0.25, 0.3) is 0 Å². The molecule has 1 aromatic carbocycles. The fourth-order valence-electron chi connectivity index (χ4n) is 1.99. The van der Waals surface area contributed by atoms with Crippen LogP contribution in [0.2, 0.25) is 0 Å². The molecule has 2 rings (SSSR count). The molecule has 1 unspecified atom stereocenters. The van der Waals surface area contributed by atoms with Crippen molar-refractivity contribution in [2.75, 3.05) is 25.1 Å². The van der Waals surface area contributed by atoms with E-state index in [1.165, 1.54) is 5.56 Å². The first-order chi connectivity index (χ1) is 8.81. The fraction of sp³-hybridized carbons (Fsp3) is 0.500. The summed E-state index contributed by atoms with van der Waals surface area (Å²) in [7, 11) is 0. The number of fused-ring (bicyclic) bond motifs is 1. The molecule has 1 aromatic rings. The highest BCUT2D eigenvalue weighted by Crippen LogP contribution is 2.25. The van der Waals surface area contributed by atoms with Crippen LogP contribution in [0.1, 0.15) is 18.9 Å². The van der Waals surface area contributed by atoms with E-state index < -0.39 is 0 Å². The van der Waals surface area contributed by atoms with Crippen molar-refractivity contribution in [2.24, 2.45) is 0 Å². The van der Waals surface area contributed by atoms with E-state index >= 15 is 0 Å². The molecule has 0 bridgehead atoms. The molecular formula is C14H19NO3. The molecular weight excluding hydrogens is 230 g/mol. The summed E-state index contributed by atoms with van der Waals surface area (Å²) in [6, 6.07) is 7.69. The molecule has 0 fully saturated rings. The van der Waals surface area contributed by atoms with E-state index in [0.717, 1.165) is 12.1 Å². The number of rotatable bonds is 6. The number of ether oxygens (including phenoxy) is 2. The summed E-state index contributed by atoms with van der Waals surface area (Å²) in [5.41, 5.74) is 2.20. The molecule has 0 radical (unpaired) electrons. The highest BCUT2D eigenvalue weighted by atomic mass is 16.6. The monoisotopic (exact) mass is 249 g/mol. The zero-order valence-corrected chi connectivity index (χ0v) is 10.6. The smallest absolute Gasteiger partial charge is 0.328 e. The minimum absolute atomic E-state index is 0.203. The summed E-state index contributed by atoms with van der Waals surface area (Å²) in [4.78, 5) is 11.8. The lowest BCUT2D eigenvalue weighted by molar-refractivity contribution is -0.145. The largest absolute Gasteiger partial charge is 0.462 e. The van der Waals surface area contributed by atoms with Gasteiger partial charge in [0.2, 0.25) is 0 Å². The van der Waals surface area contributed by atoms with Crippen LogP contribution >= 0.6 is 0 Å². The van der Waals surface area contributed by atoms with Crippen LogP contribution in [-0.4, -0.2) is 31.8 Å². The number of hydrogen-bond donors (Lipinski definition) is 1. The molecule has 1 N–H and O–H groups in total. The van der Waals surface area contributed by atoms with Crippen molar-refractivity contribution in [1.82, 2.24) is 0 Å². The van der Waals surface area contributed by atoms with Crippen molar-refractivity contribution in [2.45, 2.75) is 25.8 Å². The molecule has 0 saturated carbocycles. The van der Waals surface area contributed by atoms with Gasteiger partial charge in [-0.05, 0) is 18.1 Å². The van der Waals surface area contributed by atoms with Crippen molar-refractivity contribution in [3.05, 3.63) is 29.8 Å². The number of nitrogens with one attached hydrogen (secondary N) is 1. The average Bonchev–Trinajstić information content (AvgIpc) is 2.82. The van der Waals surface area contributed by atoms with Crippen LogP contribution in [0.5, 0.6) is 0 Å². The topological polar surface area (TPSA) is 47.6 Å². The Morgan fingerprint density at radius 2 is 2.17 bits per heavy atom. The first-order valence-corrected chi connectivity index (χ1v) is 6.40. The van der Waals surface area contributed by atoms with Gasteiger partial charge in [0.1, 0.15) is 12.6 Å². The quantitative estimate of drug-likeness (QED) is 0.618. The Labute approximate surface area is 107 Å². The second-order valence-corrected chi connectivity index (χ2v) is 4.34. The van der Waals surface area contributed by atoms with Crippen molar-refractivity contribution >= 4 is 11.7 Å². The van der Waals surface area contributed by atoms with E-state index in [2.05, 4.69) is 5.32 Å². The molecule has 1 atom stereocenters. The van der Waals surface area contributed by atoms with E-state index in [0.29, 0.717) is 26.2 Å². The zero-order valence-electron chi connectivity index (χ0n) is 10.6. The van der Waals surface area contributed by atoms with Gasteiger partial charge in [0.05, 0.1) is 6.61 Å². The molecule has 1 aliphatic rings. The Morgan fingerprint density at radius 1 is 1.33 bits per heavy atom. The van der Waals surface area contributed by atoms with E-state index in [1.54, 1.807) is 0 Å². The van der Waals surface area contributed by atoms with E-state index in [9.17, 15) is 4.79 Å². The van der Waals surface area contributed by atoms with E-state index in [4.69, 9.17) is 9.47 Å². The molecule has 0 aromatic heterocycles. The van der Waals surface area contributed by atoms with Crippen LogP contribution in [-0.2, 0) is 20.7 Å². The van der Waals surface area contributed by atoms with Gasteiger partial charge in [-0.2, -0.15) is 0 Å². The molecule has 0 spiro atoms. The fourth-order valence-corrected chi connectivity index (χ4v) is 1.99. The first-order valence-electron chi connectivity index (χ1n) is 6.40. The number of hydrogen-bond acceptors (Lipinski definition) is 4. The molecule has 4 nitrogen and oxygen atoms in total. The van der Waals surface area contributed by atoms with Gasteiger partial charge in [0.15, 0.2) is 0 Å². The van der Waals surface area contributed by atoms with E-state index in [1.807, 2.05) is 31.2 Å². The van der Waals surface area contributed by atoms with Gasteiger partial charge >= 0.3 is 5.97 Å². The molecule has 18 heavy (non-hydrogen) atoms. The summed E-state index contributed by atoms with van der Waals surface area (Å²) in [5, 5.41) is 3.17. The third-order valence-corrected chi connectivity index (χ3v) is 2.88. The average molecular weight is 249 g/mol. The molecule has 1 heterocycles. The zero-order chi connectivity index (χ0) is 12.8. The van der Waals surface area contributed by atoms with Crippen molar-refractivity contribution in [1.29, 1.82) is 0 Å². The maximum Gasteiger partial charge on any atom is 0.328 e. The Balaban J connectivity index is 1.72. The van der Waals surface area contributed by atoms with Crippen LogP contribution in [0.4, 0.5) is 5.69 Å². The van der Waals surface area contributed by atoms with Crippen LogP contribution in [0.15, 0.2) is 24.3 Å². The van der Waals surface area contributed by atoms with Crippen molar-refractivity contribution in [3.63, 3.8) is 0 Å².